The van der Waals surface area contributed by atoms with E-state index in [-0.39, 0.29) is 17.7 Å². The third kappa shape index (κ3) is 6.28. The SMILES string of the molecule is CCN(Cc1ccccc1)C(=O)c1cc(NC(=O)CC(C)C)cnc1N1CCNCC1. The van der Waals surface area contributed by atoms with Crippen LogP contribution in [-0.4, -0.2) is 54.4 Å². The molecule has 1 aromatic heterocycles. The maximum Gasteiger partial charge on any atom is 0.257 e. The van der Waals surface area contributed by atoms with E-state index >= 15 is 0 Å². The minimum Gasteiger partial charge on any atom is -0.353 e. The van der Waals surface area contributed by atoms with Gasteiger partial charge in [-0.15, -0.1) is 0 Å². The number of rotatable bonds is 8. The largest absolute Gasteiger partial charge is 0.353 e. The number of anilines is 2. The van der Waals surface area contributed by atoms with E-state index < -0.39 is 0 Å². The van der Waals surface area contributed by atoms with Crippen LogP contribution in [-0.2, 0) is 11.3 Å². The molecule has 0 bridgehead atoms. The minimum atomic E-state index is -0.0765. The van der Waals surface area contributed by atoms with Gasteiger partial charge in [0.2, 0.25) is 5.91 Å². The van der Waals surface area contributed by atoms with Gasteiger partial charge < -0.3 is 20.4 Å². The number of carbonyl (C=O) groups excluding carboxylic acids is 2. The van der Waals surface area contributed by atoms with Crippen molar-refractivity contribution in [3.05, 3.63) is 53.7 Å². The lowest BCUT2D eigenvalue weighted by Gasteiger charge is -2.31. The molecule has 2 heterocycles. The van der Waals surface area contributed by atoms with Gasteiger partial charge in [0.1, 0.15) is 5.82 Å². The van der Waals surface area contributed by atoms with Crippen molar-refractivity contribution < 1.29 is 9.59 Å². The van der Waals surface area contributed by atoms with Crippen molar-refractivity contribution >= 4 is 23.3 Å². The van der Waals surface area contributed by atoms with E-state index in [0.717, 1.165) is 31.7 Å². The Kier molecular flexibility index (Phi) is 8.00. The summed E-state index contributed by atoms with van der Waals surface area (Å²) in [4.78, 5) is 34.4. The molecule has 1 fully saturated rings. The highest BCUT2D eigenvalue weighted by Crippen LogP contribution is 2.24. The third-order valence-corrected chi connectivity index (χ3v) is 5.28. The molecule has 0 atom stereocenters. The van der Waals surface area contributed by atoms with Gasteiger partial charge in [-0.2, -0.15) is 0 Å². The molecule has 2 aromatic rings. The quantitative estimate of drug-likeness (QED) is 0.682. The molecule has 2 N–H and O–H groups in total. The van der Waals surface area contributed by atoms with Crippen molar-refractivity contribution in [2.75, 3.05) is 42.9 Å². The molecule has 3 rings (SSSR count). The number of nitrogens with zero attached hydrogens (tertiary/aromatic N) is 3. The first-order chi connectivity index (χ1) is 15.0. The number of piperazine rings is 1. The number of amides is 2. The fraction of sp³-hybridized carbons (Fsp3) is 0.458. The number of pyridine rings is 1. The highest BCUT2D eigenvalue weighted by Gasteiger charge is 2.24. The molecule has 0 saturated carbocycles. The van der Waals surface area contributed by atoms with E-state index in [4.69, 9.17) is 0 Å². The summed E-state index contributed by atoms with van der Waals surface area (Å²) in [5, 5.41) is 6.24. The maximum absolute atomic E-state index is 13.6. The number of aromatic nitrogens is 1. The maximum atomic E-state index is 13.6. The Balaban J connectivity index is 1.89. The second-order valence-electron chi connectivity index (χ2n) is 8.28. The summed E-state index contributed by atoms with van der Waals surface area (Å²) in [6, 6.07) is 11.7. The van der Waals surface area contributed by atoms with Crippen LogP contribution < -0.4 is 15.5 Å². The predicted octanol–water partition coefficient (Wildman–Crippen LogP) is 3.14. The van der Waals surface area contributed by atoms with Crippen molar-refractivity contribution in [3.63, 3.8) is 0 Å². The summed E-state index contributed by atoms with van der Waals surface area (Å²) in [5.41, 5.74) is 2.17. The van der Waals surface area contributed by atoms with Crippen molar-refractivity contribution in [3.8, 4) is 0 Å². The van der Waals surface area contributed by atoms with Crippen LogP contribution in [0.2, 0.25) is 0 Å². The zero-order valence-electron chi connectivity index (χ0n) is 18.7. The number of hydrogen-bond acceptors (Lipinski definition) is 5. The summed E-state index contributed by atoms with van der Waals surface area (Å²) in [6.07, 6.45) is 2.08. The van der Waals surface area contributed by atoms with E-state index in [1.165, 1.54) is 0 Å². The molecule has 1 aliphatic rings. The first-order valence-electron chi connectivity index (χ1n) is 11.1. The van der Waals surface area contributed by atoms with Crippen LogP contribution in [0.4, 0.5) is 11.5 Å². The lowest BCUT2D eigenvalue weighted by Crippen LogP contribution is -2.45. The van der Waals surface area contributed by atoms with E-state index in [1.807, 2.05) is 56.0 Å². The zero-order valence-corrected chi connectivity index (χ0v) is 18.7. The molecule has 0 aliphatic carbocycles. The predicted molar refractivity (Wildman–Crippen MR) is 124 cm³/mol. The van der Waals surface area contributed by atoms with E-state index in [0.29, 0.717) is 36.6 Å². The lowest BCUT2D eigenvalue weighted by molar-refractivity contribution is -0.116. The first kappa shape index (κ1) is 22.7. The van der Waals surface area contributed by atoms with E-state index in [1.54, 1.807) is 12.3 Å². The van der Waals surface area contributed by atoms with Gasteiger partial charge in [0.25, 0.3) is 5.91 Å². The highest BCUT2D eigenvalue weighted by atomic mass is 16.2. The topological polar surface area (TPSA) is 77.6 Å². The third-order valence-electron chi connectivity index (χ3n) is 5.28. The van der Waals surface area contributed by atoms with Crippen molar-refractivity contribution in [1.82, 2.24) is 15.2 Å². The first-order valence-corrected chi connectivity index (χ1v) is 11.1. The monoisotopic (exact) mass is 423 g/mol. The molecule has 7 nitrogen and oxygen atoms in total. The second kappa shape index (κ2) is 10.9. The van der Waals surface area contributed by atoms with Gasteiger partial charge in [-0.25, -0.2) is 4.98 Å². The van der Waals surface area contributed by atoms with Crippen molar-refractivity contribution in [2.45, 2.75) is 33.7 Å². The van der Waals surface area contributed by atoms with Crippen LogP contribution in [0.25, 0.3) is 0 Å². The van der Waals surface area contributed by atoms with Gasteiger partial charge in [-0.3, -0.25) is 9.59 Å². The second-order valence-corrected chi connectivity index (χ2v) is 8.28. The molecule has 31 heavy (non-hydrogen) atoms. The molecule has 0 spiro atoms. The Morgan fingerprint density at radius 2 is 1.90 bits per heavy atom. The molecule has 0 unspecified atom stereocenters. The Morgan fingerprint density at radius 3 is 2.55 bits per heavy atom. The molecule has 1 aliphatic heterocycles. The van der Waals surface area contributed by atoms with E-state index in [9.17, 15) is 9.59 Å². The van der Waals surface area contributed by atoms with Gasteiger partial charge in [0.15, 0.2) is 0 Å². The summed E-state index contributed by atoms with van der Waals surface area (Å²) in [7, 11) is 0. The molecule has 166 valence electrons. The normalized spacial score (nSPS) is 13.9. The minimum absolute atomic E-state index is 0.0678. The van der Waals surface area contributed by atoms with Crippen LogP contribution in [0, 0.1) is 5.92 Å². The van der Waals surface area contributed by atoms with Gasteiger partial charge >= 0.3 is 0 Å². The van der Waals surface area contributed by atoms with E-state index in [2.05, 4.69) is 20.5 Å². The molecule has 2 amide bonds. The smallest absolute Gasteiger partial charge is 0.257 e. The average Bonchev–Trinajstić information content (AvgIpc) is 2.77. The number of hydrogen-bond donors (Lipinski definition) is 2. The number of nitrogens with one attached hydrogen (secondary N) is 2. The average molecular weight is 424 g/mol. The molecule has 1 aromatic carbocycles. The Morgan fingerprint density at radius 1 is 1.19 bits per heavy atom. The molecule has 0 radical (unpaired) electrons. The Labute approximate surface area is 184 Å². The fourth-order valence-electron chi connectivity index (χ4n) is 3.70. The van der Waals surface area contributed by atoms with Crippen LogP contribution in [0.5, 0.6) is 0 Å². The van der Waals surface area contributed by atoms with Crippen molar-refractivity contribution in [2.24, 2.45) is 5.92 Å². The van der Waals surface area contributed by atoms with Gasteiger partial charge in [-0.05, 0) is 24.5 Å². The summed E-state index contributed by atoms with van der Waals surface area (Å²) in [6.45, 7) is 10.4. The fourth-order valence-corrected chi connectivity index (χ4v) is 3.70. The summed E-state index contributed by atoms with van der Waals surface area (Å²) >= 11 is 0. The molecule has 7 heteroatoms. The van der Waals surface area contributed by atoms with Crippen LogP contribution in [0.3, 0.4) is 0 Å². The summed E-state index contributed by atoms with van der Waals surface area (Å²) < 4.78 is 0. The standard InChI is InChI=1S/C24H33N5O2/c1-4-28(17-19-8-6-5-7-9-19)24(31)21-15-20(27-22(30)14-18(2)3)16-26-23(21)29-12-10-25-11-13-29/h5-9,15-16,18,25H,4,10-14,17H2,1-3H3,(H,27,30). The van der Waals surface area contributed by atoms with Gasteiger partial charge in [0.05, 0.1) is 17.4 Å². The molecular weight excluding hydrogens is 390 g/mol. The zero-order chi connectivity index (χ0) is 22.2. The Bertz CT molecular complexity index is 879. The van der Waals surface area contributed by atoms with Crippen LogP contribution in [0.1, 0.15) is 43.1 Å². The van der Waals surface area contributed by atoms with Gasteiger partial charge in [-0.1, -0.05) is 44.2 Å². The number of benzene rings is 1. The van der Waals surface area contributed by atoms with Gasteiger partial charge in [0, 0.05) is 45.7 Å². The molecular formula is C24H33N5O2. The Hall–Kier alpha value is -2.93. The summed E-state index contributed by atoms with van der Waals surface area (Å²) in [5.74, 6) is 0.796. The van der Waals surface area contributed by atoms with Crippen LogP contribution in [0.15, 0.2) is 42.6 Å². The molecule has 1 saturated heterocycles. The van der Waals surface area contributed by atoms with Crippen LogP contribution >= 0.6 is 0 Å². The number of carbonyl (C=O) groups is 2. The lowest BCUT2D eigenvalue weighted by atomic mass is 10.1. The highest BCUT2D eigenvalue weighted by molar-refractivity contribution is 6.01. The van der Waals surface area contributed by atoms with Crippen molar-refractivity contribution in [1.29, 1.82) is 0 Å².